The highest BCUT2D eigenvalue weighted by molar-refractivity contribution is 7.10. The van der Waals surface area contributed by atoms with Gasteiger partial charge in [0, 0.05) is 16.6 Å². The minimum absolute atomic E-state index is 0.0100. The molecule has 0 saturated carbocycles. The minimum atomic E-state index is -1.15. The number of halogens is 2. The van der Waals surface area contributed by atoms with Gasteiger partial charge in [-0.1, -0.05) is 12.1 Å². The second-order valence-electron chi connectivity index (χ2n) is 7.45. The standard InChI is InChI=1S/C24H19F2NO4S/c1-12-9-13(2)23(31-3)15(10-12)21(28)19-20(18-5-4-8-32-18)27(24(30)22(19)29)14-6-7-16(25)17(26)11-14/h4-11,20,28H,1-3H3/b21-19-. The lowest BCUT2D eigenvalue weighted by atomic mass is 9.96. The van der Waals surface area contributed by atoms with Crippen LogP contribution in [0.15, 0.2) is 53.4 Å². The Balaban J connectivity index is 1.99. The van der Waals surface area contributed by atoms with Gasteiger partial charge in [0.2, 0.25) is 0 Å². The van der Waals surface area contributed by atoms with E-state index in [0.29, 0.717) is 10.6 Å². The van der Waals surface area contributed by atoms with E-state index in [1.54, 1.807) is 30.5 Å². The van der Waals surface area contributed by atoms with Crippen molar-refractivity contribution in [1.29, 1.82) is 0 Å². The molecule has 3 aromatic rings. The molecule has 8 heteroatoms. The molecule has 1 saturated heterocycles. The molecule has 2 heterocycles. The molecule has 1 aliphatic rings. The maximum absolute atomic E-state index is 14.0. The fourth-order valence-corrected chi connectivity index (χ4v) is 4.82. The number of benzene rings is 2. The first-order valence-electron chi connectivity index (χ1n) is 9.69. The van der Waals surface area contributed by atoms with Crippen molar-refractivity contribution in [3.8, 4) is 5.75 Å². The number of aliphatic hydroxyl groups is 1. The van der Waals surface area contributed by atoms with Crippen LogP contribution in [0, 0.1) is 25.5 Å². The van der Waals surface area contributed by atoms with Gasteiger partial charge in [-0.2, -0.15) is 0 Å². The first-order valence-corrected chi connectivity index (χ1v) is 10.6. The largest absolute Gasteiger partial charge is 0.507 e. The Kier molecular flexibility index (Phi) is 5.56. The second-order valence-corrected chi connectivity index (χ2v) is 8.42. The van der Waals surface area contributed by atoms with Crippen molar-refractivity contribution in [3.63, 3.8) is 0 Å². The fourth-order valence-electron chi connectivity index (χ4n) is 4.00. The molecule has 5 nitrogen and oxygen atoms in total. The Morgan fingerprint density at radius 3 is 2.47 bits per heavy atom. The third kappa shape index (κ3) is 3.46. The minimum Gasteiger partial charge on any atom is -0.507 e. The number of amides is 1. The summed E-state index contributed by atoms with van der Waals surface area (Å²) >= 11 is 1.27. The topological polar surface area (TPSA) is 66.8 Å². The zero-order valence-corrected chi connectivity index (χ0v) is 18.3. The number of hydrogen-bond acceptors (Lipinski definition) is 5. The molecule has 4 rings (SSSR count). The molecule has 0 spiro atoms. The number of aryl methyl sites for hydroxylation is 2. The molecule has 1 atom stereocenters. The predicted molar refractivity (Wildman–Crippen MR) is 118 cm³/mol. The van der Waals surface area contributed by atoms with E-state index in [0.717, 1.165) is 28.2 Å². The zero-order chi connectivity index (χ0) is 23.2. The van der Waals surface area contributed by atoms with Gasteiger partial charge >= 0.3 is 0 Å². The summed E-state index contributed by atoms with van der Waals surface area (Å²) in [6.07, 6.45) is 0. The second kappa shape index (κ2) is 8.20. The van der Waals surface area contributed by atoms with E-state index in [1.807, 2.05) is 13.0 Å². The van der Waals surface area contributed by atoms with Crippen molar-refractivity contribution in [1.82, 2.24) is 0 Å². The Morgan fingerprint density at radius 1 is 1.09 bits per heavy atom. The van der Waals surface area contributed by atoms with E-state index in [-0.39, 0.29) is 16.8 Å². The number of thiophene rings is 1. The Bertz CT molecular complexity index is 1270. The maximum Gasteiger partial charge on any atom is 0.300 e. The predicted octanol–water partition coefficient (Wildman–Crippen LogP) is 5.28. The Hall–Kier alpha value is -3.52. The van der Waals surface area contributed by atoms with Gasteiger partial charge < -0.3 is 9.84 Å². The number of carbonyl (C=O) groups excluding carboxylic acids is 2. The van der Waals surface area contributed by atoms with Gasteiger partial charge in [0.25, 0.3) is 11.7 Å². The fraction of sp³-hybridized carbons (Fsp3) is 0.167. The highest BCUT2D eigenvalue weighted by Crippen LogP contribution is 2.45. The van der Waals surface area contributed by atoms with Crippen molar-refractivity contribution in [2.45, 2.75) is 19.9 Å². The molecule has 0 bridgehead atoms. The third-order valence-corrected chi connectivity index (χ3v) is 6.24. The van der Waals surface area contributed by atoms with E-state index < -0.39 is 35.1 Å². The van der Waals surface area contributed by atoms with Crippen molar-refractivity contribution in [2.75, 3.05) is 12.0 Å². The molecule has 2 aromatic carbocycles. The summed E-state index contributed by atoms with van der Waals surface area (Å²) in [5.74, 6) is -4.11. The van der Waals surface area contributed by atoms with Gasteiger partial charge in [-0.3, -0.25) is 14.5 Å². The number of hydrogen-bond donors (Lipinski definition) is 1. The zero-order valence-electron chi connectivity index (χ0n) is 17.5. The summed E-state index contributed by atoms with van der Waals surface area (Å²) in [6, 6.07) is 8.94. The van der Waals surface area contributed by atoms with Crippen molar-refractivity contribution in [2.24, 2.45) is 0 Å². The Morgan fingerprint density at radius 2 is 1.84 bits per heavy atom. The van der Waals surface area contributed by atoms with Crippen LogP contribution in [0.25, 0.3) is 5.76 Å². The van der Waals surface area contributed by atoms with Crippen LogP contribution in [0.1, 0.15) is 27.6 Å². The average Bonchev–Trinajstić information content (AvgIpc) is 3.36. The van der Waals surface area contributed by atoms with E-state index in [2.05, 4.69) is 0 Å². The quantitative estimate of drug-likeness (QED) is 0.330. The SMILES string of the molecule is COc1c(C)cc(C)cc1/C(O)=C1/C(=O)C(=O)N(c2ccc(F)c(F)c2)C1c1cccs1. The molecule has 0 radical (unpaired) electrons. The number of ether oxygens (including phenoxy) is 1. The number of nitrogens with zero attached hydrogens (tertiary/aromatic N) is 1. The molecule has 1 fully saturated rings. The molecule has 164 valence electrons. The van der Waals surface area contributed by atoms with E-state index in [9.17, 15) is 23.5 Å². The summed E-state index contributed by atoms with van der Waals surface area (Å²) in [7, 11) is 1.45. The van der Waals surface area contributed by atoms with Gasteiger partial charge in [0.1, 0.15) is 17.6 Å². The lowest BCUT2D eigenvalue weighted by molar-refractivity contribution is -0.132. The van der Waals surface area contributed by atoms with E-state index in [1.165, 1.54) is 24.5 Å². The summed E-state index contributed by atoms with van der Waals surface area (Å²) in [4.78, 5) is 27.8. The van der Waals surface area contributed by atoms with Gasteiger partial charge in [0.15, 0.2) is 11.6 Å². The molecule has 1 N–H and O–H groups in total. The van der Waals surface area contributed by atoms with Crippen molar-refractivity contribution in [3.05, 3.63) is 86.6 Å². The summed E-state index contributed by atoms with van der Waals surface area (Å²) in [6.45, 7) is 3.64. The first-order chi connectivity index (χ1) is 15.2. The number of rotatable bonds is 4. The highest BCUT2D eigenvalue weighted by Gasteiger charge is 2.47. The summed E-state index contributed by atoms with van der Waals surface area (Å²) in [5.41, 5.74) is 1.71. The summed E-state index contributed by atoms with van der Waals surface area (Å²) < 4.78 is 32.9. The van der Waals surface area contributed by atoms with Crippen molar-refractivity contribution >= 4 is 34.5 Å². The molecular weight excluding hydrogens is 436 g/mol. The van der Waals surface area contributed by atoms with Gasteiger partial charge in [0.05, 0.1) is 18.2 Å². The smallest absolute Gasteiger partial charge is 0.300 e. The number of Topliss-reactive ketones (excluding diaryl/α,β-unsaturated/α-hetero) is 1. The molecular formula is C24H19F2NO4S. The number of ketones is 1. The lowest BCUT2D eigenvalue weighted by Crippen LogP contribution is -2.29. The van der Waals surface area contributed by atoms with Crippen LogP contribution in [0.5, 0.6) is 5.75 Å². The molecule has 1 amide bonds. The lowest BCUT2D eigenvalue weighted by Gasteiger charge is -2.24. The molecule has 0 aliphatic carbocycles. The number of aliphatic hydroxyl groups excluding tert-OH is 1. The van der Waals surface area contributed by atoms with Crippen LogP contribution < -0.4 is 9.64 Å². The molecule has 32 heavy (non-hydrogen) atoms. The van der Waals surface area contributed by atoms with Crippen LogP contribution in [0.3, 0.4) is 0 Å². The van der Waals surface area contributed by atoms with Gasteiger partial charge in [-0.15, -0.1) is 11.3 Å². The molecule has 1 unspecified atom stereocenters. The number of anilines is 1. The average molecular weight is 455 g/mol. The molecule has 1 aromatic heterocycles. The monoisotopic (exact) mass is 455 g/mol. The van der Waals surface area contributed by atoms with Crippen LogP contribution in [0.2, 0.25) is 0 Å². The first kappa shape index (κ1) is 21.7. The summed E-state index contributed by atoms with van der Waals surface area (Å²) in [5, 5.41) is 13.0. The number of carbonyl (C=O) groups is 2. The molecule has 1 aliphatic heterocycles. The van der Waals surface area contributed by atoms with Crippen LogP contribution in [0.4, 0.5) is 14.5 Å². The maximum atomic E-state index is 14.0. The third-order valence-electron chi connectivity index (χ3n) is 5.32. The number of methoxy groups -OCH3 is 1. The Labute approximate surface area is 187 Å². The highest BCUT2D eigenvalue weighted by atomic mass is 32.1. The van der Waals surface area contributed by atoms with Gasteiger partial charge in [-0.25, -0.2) is 8.78 Å². The van der Waals surface area contributed by atoms with E-state index >= 15 is 0 Å². The van der Waals surface area contributed by atoms with E-state index in [4.69, 9.17) is 4.74 Å². The normalized spacial score (nSPS) is 17.8. The van der Waals surface area contributed by atoms with Crippen LogP contribution >= 0.6 is 11.3 Å². The van der Waals surface area contributed by atoms with Crippen LogP contribution in [-0.2, 0) is 9.59 Å². The van der Waals surface area contributed by atoms with Crippen molar-refractivity contribution < 1.29 is 28.2 Å². The van der Waals surface area contributed by atoms with Gasteiger partial charge in [-0.05, 0) is 54.6 Å². The van der Waals surface area contributed by atoms with Crippen LogP contribution in [-0.4, -0.2) is 23.9 Å².